The molecule has 1 nitrogen and oxygen atoms in total. The summed E-state index contributed by atoms with van der Waals surface area (Å²) in [5, 5.41) is 5.95. The van der Waals surface area contributed by atoms with E-state index in [2.05, 4.69) is 46.5 Å². The third-order valence-corrected chi connectivity index (χ3v) is 6.00. The second-order valence-corrected chi connectivity index (χ2v) is 6.95. The summed E-state index contributed by atoms with van der Waals surface area (Å²) in [6.07, 6.45) is 6.88. The van der Waals surface area contributed by atoms with Gasteiger partial charge in [0.25, 0.3) is 0 Å². The molecule has 96 valence electrons. The van der Waals surface area contributed by atoms with E-state index in [1.165, 1.54) is 41.5 Å². The van der Waals surface area contributed by atoms with E-state index in [4.69, 9.17) is 0 Å². The van der Waals surface area contributed by atoms with Crippen LogP contribution < -0.4 is 5.32 Å². The average molecular weight is 316 g/mol. The van der Waals surface area contributed by atoms with Crippen LogP contribution in [0.2, 0.25) is 0 Å². The molecule has 1 aromatic rings. The van der Waals surface area contributed by atoms with Gasteiger partial charge in [0.1, 0.15) is 0 Å². The van der Waals surface area contributed by atoms with Gasteiger partial charge in [-0.15, -0.1) is 11.3 Å². The van der Waals surface area contributed by atoms with Gasteiger partial charge in [-0.25, -0.2) is 0 Å². The normalized spacial score (nSPS) is 27.0. The van der Waals surface area contributed by atoms with Crippen LogP contribution in [-0.2, 0) is 0 Å². The minimum absolute atomic E-state index is 0.479. The van der Waals surface area contributed by atoms with E-state index in [1.54, 1.807) is 0 Å². The molecular weight excluding hydrogens is 294 g/mol. The first-order valence-electron chi connectivity index (χ1n) is 6.69. The highest BCUT2D eigenvalue weighted by Crippen LogP contribution is 2.32. The van der Waals surface area contributed by atoms with Crippen LogP contribution in [0.25, 0.3) is 0 Å². The van der Waals surface area contributed by atoms with E-state index in [-0.39, 0.29) is 0 Å². The zero-order chi connectivity index (χ0) is 12.3. The first-order chi connectivity index (χ1) is 8.20. The van der Waals surface area contributed by atoms with Gasteiger partial charge < -0.3 is 5.32 Å². The average Bonchev–Trinajstić information content (AvgIpc) is 2.76. The smallest absolute Gasteiger partial charge is 0.0399 e. The van der Waals surface area contributed by atoms with Crippen molar-refractivity contribution in [3.63, 3.8) is 0 Å². The molecule has 17 heavy (non-hydrogen) atoms. The van der Waals surface area contributed by atoms with Crippen LogP contribution in [0.15, 0.2) is 15.9 Å². The van der Waals surface area contributed by atoms with E-state index in [9.17, 15) is 0 Å². The van der Waals surface area contributed by atoms with Crippen molar-refractivity contribution in [3.05, 3.63) is 20.8 Å². The molecule has 0 bridgehead atoms. The summed E-state index contributed by atoms with van der Waals surface area (Å²) in [5.74, 6) is 0.983. The van der Waals surface area contributed by atoms with E-state index >= 15 is 0 Å². The van der Waals surface area contributed by atoms with Gasteiger partial charge in [-0.05, 0) is 65.9 Å². The fourth-order valence-corrected chi connectivity index (χ4v) is 4.52. The first kappa shape index (κ1) is 13.6. The van der Waals surface area contributed by atoms with Crippen molar-refractivity contribution in [1.29, 1.82) is 0 Å². The molecular formula is C14H22BrNS. The van der Waals surface area contributed by atoms with E-state index in [1.807, 2.05) is 11.3 Å². The molecule has 1 unspecified atom stereocenters. The number of nitrogens with one attached hydrogen (secondary N) is 1. The second kappa shape index (κ2) is 6.35. The maximum atomic E-state index is 3.79. The zero-order valence-corrected chi connectivity index (χ0v) is 13.1. The summed E-state index contributed by atoms with van der Waals surface area (Å²) in [5.41, 5.74) is 0. The van der Waals surface area contributed by atoms with Crippen molar-refractivity contribution in [1.82, 2.24) is 5.32 Å². The van der Waals surface area contributed by atoms with Crippen molar-refractivity contribution in [2.75, 3.05) is 0 Å². The quantitative estimate of drug-likeness (QED) is 0.812. The molecule has 1 aliphatic rings. The predicted molar refractivity (Wildman–Crippen MR) is 79.6 cm³/mol. The summed E-state index contributed by atoms with van der Waals surface area (Å²) < 4.78 is 1.25. The summed E-state index contributed by atoms with van der Waals surface area (Å²) in [6, 6.07) is 3.35. The Balaban J connectivity index is 1.84. The lowest BCUT2D eigenvalue weighted by Crippen LogP contribution is -2.34. The predicted octanol–water partition coefficient (Wildman–Crippen LogP) is 5.13. The van der Waals surface area contributed by atoms with Crippen molar-refractivity contribution in [2.24, 2.45) is 5.92 Å². The Bertz CT molecular complexity index is 342. The molecule has 1 heterocycles. The summed E-state index contributed by atoms with van der Waals surface area (Å²) >= 11 is 5.46. The van der Waals surface area contributed by atoms with Gasteiger partial charge in [-0.1, -0.05) is 13.3 Å². The summed E-state index contributed by atoms with van der Waals surface area (Å²) in [6.45, 7) is 4.60. The molecule has 1 N–H and O–H groups in total. The SMILES string of the molecule is CCC1CCC(NC(C)c2sccc2Br)CC1. The Hall–Kier alpha value is 0.140. The molecule has 1 atom stereocenters. The number of halogens is 1. The highest BCUT2D eigenvalue weighted by molar-refractivity contribution is 9.10. The lowest BCUT2D eigenvalue weighted by molar-refractivity contribution is 0.274. The van der Waals surface area contributed by atoms with Crippen LogP contribution in [0.1, 0.15) is 56.9 Å². The topological polar surface area (TPSA) is 12.0 Å². The Kier molecular flexibility index (Phi) is 5.07. The molecule has 0 saturated heterocycles. The second-order valence-electron chi connectivity index (χ2n) is 5.15. The number of hydrogen-bond acceptors (Lipinski definition) is 2. The Morgan fingerprint density at radius 1 is 1.41 bits per heavy atom. The molecule has 0 aromatic carbocycles. The first-order valence-corrected chi connectivity index (χ1v) is 8.37. The third kappa shape index (κ3) is 3.55. The molecule has 0 aliphatic heterocycles. The Labute approximate surface area is 117 Å². The zero-order valence-electron chi connectivity index (χ0n) is 10.7. The van der Waals surface area contributed by atoms with Gasteiger partial charge in [0.2, 0.25) is 0 Å². The van der Waals surface area contributed by atoms with Gasteiger partial charge in [0, 0.05) is 21.4 Å². The standard InChI is InChI=1S/C14H22BrNS/c1-3-11-4-6-12(7-5-11)16-10(2)14-13(15)8-9-17-14/h8-12,16H,3-7H2,1-2H3. The molecule has 1 saturated carbocycles. The largest absolute Gasteiger partial charge is 0.307 e. The minimum atomic E-state index is 0.479. The summed E-state index contributed by atoms with van der Waals surface area (Å²) in [4.78, 5) is 1.43. The number of rotatable bonds is 4. The minimum Gasteiger partial charge on any atom is -0.307 e. The van der Waals surface area contributed by atoms with E-state index in [0.29, 0.717) is 6.04 Å². The van der Waals surface area contributed by atoms with Crippen molar-refractivity contribution < 1.29 is 0 Å². The van der Waals surface area contributed by atoms with Gasteiger partial charge in [-0.3, -0.25) is 0 Å². The van der Waals surface area contributed by atoms with Crippen molar-refractivity contribution >= 4 is 27.3 Å². The molecule has 1 aromatic heterocycles. The van der Waals surface area contributed by atoms with Crippen LogP contribution in [0.5, 0.6) is 0 Å². The molecule has 2 rings (SSSR count). The third-order valence-electron chi connectivity index (χ3n) is 3.95. The number of hydrogen-bond donors (Lipinski definition) is 1. The maximum absolute atomic E-state index is 3.79. The highest BCUT2D eigenvalue weighted by atomic mass is 79.9. The molecule has 1 aliphatic carbocycles. The molecule has 0 radical (unpaired) electrons. The number of thiophene rings is 1. The van der Waals surface area contributed by atoms with Gasteiger partial charge in [0.05, 0.1) is 0 Å². The van der Waals surface area contributed by atoms with Gasteiger partial charge in [-0.2, -0.15) is 0 Å². The molecule has 0 amide bonds. The van der Waals surface area contributed by atoms with Gasteiger partial charge in [0.15, 0.2) is 0 Å². The molecule has 1 fully saturated rings. The monoisotopic (exact) mass is 315 g/mol. The van der Waals surface area contributed by atoms with Crippen molar-refractivity contribution in [3.8, 4) is 0 Å². The fraction of sp³-hybridized carbons (Fsp3) is 0.714. The van der Waals surface area contributed by atoms with Crippen LogP contribution >= 0.6 is 27.3 Å². The van der Waals surface area contributed by atoms with Crippen LogP contribution in [0.4, 0.5) is 0 Å². The van der Waals surface area contributed by atoms with Crippen molar-refractivity contribution in [2.45, 2.75) is 58.0 Å². The van der Waals surface area contributed by atoms with Crippen LogP contribution in [0, 0.1) is 5.92 Å². The van der Waals surface area contributed by atoms with E-state index < -0.39 is 0 Å². The van der Waals surface area contributed by atoms with Crippen LogP contribution in [0.3, 0.4) is 0 Å². The Morgan fingerprint density at radius 3 is 2.65 bits per heavy atom. The summed E-state index contributed by atoms with van der Waals surface area (Å²) in [7, 11) is 0. The lowest BCUT2D eigenvalue weighted by atomic mass is 9.84. The maximum Gasteiger partial charge on any atom is 0.0399 e. The highest BCUT2D eigenvalue weighted by Gasteiger charge is 2.22. The molecule has 3 heteroatoms. The molecule has 0 spiro atoms. The fourth-order valence-electron chi connectivity index (χ4n) is 2.78. The van der Waals surface area contributed by atoms with E-state index in [0.717, 1.165) is 12.0 Å². The Morgan fingerprint density at radius 2 is 2.12 bits per heavy atom. The lowest BCUT2D eigenvalue weighted by Gasteiger charge is -2.30. The van der Waals surface area contributed by atoms with Gasteiger partial charge >= 0.3 is 0 Å². The van der Waals surface area contributed by atoms with Crippen LogP contribution in [-0.4, -0.2) is 6.04 Å².